The number of halogens is 1. The lowest BCUT2D eigenvalue weighted by molar-refractivity contribution is -0.146. The summed E-state index contributed by atoms with van der Waals surface area (Å²) in [5.41, 5.74) is 0.788. The van der Waals surface area contributed by atoms with Gasteiger partial charge >= 0.3 is 5.97 Å². The molecule has 0 aliphatic carbocycles. The topological polar surface area (TPSA) is 66.8 Å². The Morgan fingerprint density at radius 2 is 2.27 bits per heavy atom. The van der Waals surface area contributed by atoms with Crippen molar-refractivity contribution in [2.24, 2.45) is 11.8 Å². The summed E-state index contributed by atoms with van der Waals surface area (Å²) >= 11 is 6.03. The Labute approximate surface area is 132 Å². The monoisotopic (exact) mass is 319 g/mol. The number of nitrogens with zero attached hydrogens (tertiary/aromatic N) is 1. The van der Waals surface area contributed by atoms with Gasteiger partial charge in [0.25, 0.3) is 0 Å². The predicted molar refractivity (Wildman–Crippen MR) is 79.9 cm³/mol. The smallest absolute Gasteiger partial charge is 0.310 e. The van der Waals surface area contributed by atoms with Gasteiger partial charge in [0.1, 0.15) is 11.5 Å². The second-order valence-corrected chi connectivity index (χ2v) is 6.50. The van der Waals surface area contributed by atoms with Gasteiger partial charge in [0.2, 0.25) is 5.91 Å². The molecule has 1 aromatic rings. The maximum Gasteiger partial charge on any atom is 0.310 e. The number of rotatable bonds is 2. The molecule has 4 rings (SSSR count). The number of hydrogen-bond acceptors (Lipinski definition) is 3. The molecule has 3 aliphatic heterocycles. The summed E-state index contributed by atoms with van der Waals surface area (Å²) in [6.07, 6.45) is 3.11. The SMILES string of the molecule is Cc1cc(N2C[C@]34C=C[C@@H](O3)[C@H](C(=O)O)[C@@H]4C2=O)ccc1Cl. The van der Waals surface area contributed by atoms with Crippen LogP contribution in [0.1, 0.15) is 5.56 Å². The summed E-state index contributed by atoms with van der Waals surface area (Å²) < 4.78 is 5.85. The maximum absolute atomic E-state index is 12.8. The molecular formula is C16H14ClNO4. The second-order valence-electron chi connectivity index (χ2n) is 6.10. The van der Waals surface area contributed by atoms with Crippen LogP contribution in [0.5, 0.6) is 0 Å². The minimum atomic E-state index is -0.983. The third-order valence-electron chi connectivity index (χ3n) is 4.84. The molecular weight excluding hydrogens is 306 g/mol. The molecule has 2 saturated heterocycles. The van der Waals surface area contributed by atoms with Gasteiger partial charge in [0.15, 0.2) is 0 Å². The minimum absolute atomic E-state index is 0.194. The molecule has 0 unspecified atom stereocenters. The van der Waals surface area contributed by atoms with E-state index in [-0.39, 0.29) is 5.91 Å². The van der Waals surface area contributed by atoms with Gasteiger partial charge in [0.05, 0.1) is 18.6 Å². The van der Waals surface area contributed by atoms with Crippen molar-refractivity contribution in [2.45, 2.75) is 18.6 Å². The van der Waals surface area contributed by atoms with Crippen molar-refractivity contribution in [1.82, 2.24) is 0 Å². The minimum Gasteiger partial charge on any atom is -0.481 e. The standard InChI is InChI=1S/C16H14ClNO4/c1-8-6-9(2-3-10(8)17)18-7-16-5-4-11(22-16)12(15(20)21)13(16)14(18)19/h2-6,11-13H,7H2,1H3,(H,20,21)/t11-,12+,13-,16+/m1/s1. The van der Waals surface area contributed by atoms with Gasteiger partial charge in [-0.3, -0.25) is 9.59 Å². The molecule has 6 heteroatoms. The Bertz CT molecular complexity index is 731. The number of amides is 1. The molecule has 2 fully saturated rings. The van der Waals surface area contributed by atoms with Crippen LogP contribution in [-0.4, -0.2) is 35.2 Å². The lowest BCUT2D eigenvalue weighted by Gasteiger charge is -2.21. The van der Waals surface area contributed by atoms with Crippen LogP contribution in [0.15, 0.2) is 30.4 Å². The first-order valence-electron chi connectivity index (χ1n) is 7.10. The highest BCUT2D eigenvalue weighted by Crippen LogP contribution is 2.52. The predicted octanol–water partition coefficient (Wildman–Crippen LogP) is 2.02. The summed E-state index contributed by atoms with van der Waals surface area (Å²) in [7, 11) is 0. The van der Waals surface area contributed by atoms with Gasteiger partial charge in [-0.2, -0.15) is 0 Å². The molecule has 5 nitrogen and oxygen atoms in total. The Balaban J connectivity index is 1.74. The van der Waals surface area contributed by atoms with Gasteiger partial charge in [-0.05, 0) is 30.7 Å². The first-order chi connectivity index (χ1) is 10.4. The summed E-state index contributed by atoms with van der Waals surface area (Å²) in [5.74, 6) is -2.64. The van der Waals surface area contributed by atoms with Crippen molar-refractivity contribution >= 4 is 29.2 Å². The molecule has 4 atom stereocenters. The highest BCUT2D eigenvalue weighted by Gasteiger charge is 2.67. The summed E-state index contributed by atoms with van der Waals surface area (Å²) in [4.78, 5) is 25.9. The van der Waals surface area contributed by atoms with Crippen molar-refractivity contribution in [1.29, 1.82) is 0 Å². The molecule has 2 bridgehead atoms. The van der Waals surface area contributed by atoms with Crippen molar-refractivity contribution < 1.29 is 19.4 Å². The maximum atomic E-state index is 12.8. The summed E-state index contributed by atoms with van der Waals surface area (Å²) in [6.45, 7) is 2.21. The van der Waals surface area contributed by atoms with Gasteiger partial charge in [-0.15, -0.1) is 0 Å². The average Bonchev–Trinajstić information content (AvgIpc) is 3.10. The van der Waals surface area contributed by atoms with Crippen LogP contribution in [0.3, 0.4) is 0 Å². The van der Waals surface area contributed by atoms with E-state index < -0.39 is 29.5 Å². The number of fused-ring (bicyclic) bond motifs is 1. The van der Waals surface area contributed by atoms with E-state index in [2.05, 4.69) is 0 Å². The molecule has 0 saturated carbocycles. The van der Waals surface area contributed by atoms with E-state index in [1.165, 1.54) is 0 Å². The number of ether oxygens (including phenoxy) is 1. The van der Waals surface area contributed by atoms with E-state index >= 15 is 0 Å². The van der Waals surface area contributed by atoms with Gasteiger partial charge < -0.3 is 14.7 Å². The largest absolute Gasteiger partial charge is 0.481 e. The van der Waals surface area contributed by atoms with E-state index in [9.17, 15) is 14.7 Å². The first-order valence-corrected chi connectivity index (χ1v) is 7.48. The molecule has 1 spiro atoms. The van der Waals surface area contributed by atoms with Gasteiger partial charge in [-0.1, -0.05) is 23.8 Å². The third kappa shape index (κ3) is 1.63. The fraction of sp³-hybridized carbons (Fsp3) is 0.375. The number of benzene rings is 1. The zero-order valence-electron chi connectivity index (χ0n) is 11.8. The zero-order chi connectivity index (χ0) is 15.6. The Kier molecular flexibility index (Phi) is 2.72. The van der Waals surface area contributed by atoms with Gasteiger partial charge in [-0.25, -0.2) is 0 Å². The van der Waals surface area contributed by atoms with Crippen LogP contribution in [-0.2, 0) is 14.3 Å². The number of anilines is 1. The fourth-order valence-electron chi connectivity index (χ4n) is 3.80. The molecule has 1 aromatic carbocycles. The first kappa shape index (κ1) is 13.8. The van der Waals surface area contributed by atoms with Crippen LogP contribution in [0.2, 0.25) is 5.02 Å². The molecule has 3 aliphatic rings. The Hall–Kier alpha value is -1.85. The number of aryl methyl sites for hydroxylation is 1. The van der Waals surface area contributed by atoms with Gasteiger partial charge in [0, 0.05) is 10.7 Å². The van der Waals surface area contributed by atoms with E-state index in [0.717, 1.165) is 11.3 Å². The van der Waals surface area contributed by atoms with Crippen LogP contribution in [0, 0.1) is 18.8 Å². The lowest BCUT2D eigenvalue weighted by Crippen LogP contribution is -2.39. The molecule has 0 aromatic heterocycles. The number of carbonyl (C=O) groups is 2. The second kappa shape index (κ2) is 4.33. The molecule has 114 valence electrons. The van der Waals surface area contributed by atoms with E-state index in [1.54, 1.807) is 23.1 Å². The molecule has 22 heavy (non-hydrogen) atoms. The zero-order valence-corrected chi connectivity index (χ0v) is 12.6. The van der Waals surface area contributed by atoms with Crippen molar-refractivity contribution in [3.05, 3.63) is 40.9 Å². The number of hydrogen-bond donors (Lipinski definition) is 1. The number of carboxylic acid groups (broad SMARTS) is 1. The van der Waals surface area contributed by atoms with Crippen LogP contribution in [0.4, 0.5) is 5.69 Å². The summed E-state index contributed by atoms with van der Waals surface area (Å²) in [5, 5.41) is 10.1. The quantitative estimate of drug-likeness (QED) is 0.847. The van der Waals surface area contributed by atoms with Crippen LogP contribution >= 0.6 is 11.6 Å². The van der Waals surface area contributed by atoms with Crippen LogP contribution < -0.4 is 4.90 Å². The third-order valence-corrected chi connectivity index (χ3v) is 5.26. The molecule has 0 radical (unpaired) electrons. The Morgan fingerprint density at radius 1 is 1.50 bits per heavy atom. The lowest BCUT2D eigenvalue weighted by atomic mass is 9.77. The number of aliphatic carboxylic acids is 1. The highest BCUT2D eigenvalue weighted by molar-refractivity contribution is 6.31. The Morgan fingerprint density at radius 3 is 2.95 bits per heavy atom. The number of carboxylic acids is 1. The fourth-order valence-corrected chi connectivity index (χ4v) is 3.91. The highest BCUT2D eigenvalue weighted by atomic mass is 35.5. The van der Waals surface area contributed by atoms with E-state index in [1.807, 2.05) is 19.1 Å². The van der Waals surface area contributed by atoms with E-state index in [0.29, 0.717) is 11.6 Å². The summed E-state index contributed by atoms with van der Waals surface area (Å²) in [6, 6.07) is 5.36. The normalized spacial score (nSPS) is 35.3. The van der Waals surface area contributed by atoms with E-state index in [4.69, 9.17) is 16.3 Å². The molecule has 1 N–H and O–H groups in total. The van der Waals surface area contributed by atoms with Crippen molar-refractivity contribution in [2.75, 3.05) is 11.4 Å². The number of carbonyl (C=O) groups excluding carboxylic acids is 1. The van der Waals surface area contributed by atoms with Crippen molar-refractivity contribution in [3.63, 3.8) is 0 Å². The molecule has 1 amide bonds. The van der Waals surface area contributed by atoms with Crippen molar-refractivity contribution in [3.8, 4) is 0 Å². The van der Waals surface area contributed by atoms with Crippen LogP contribution in [0.25, 0.3) is 0 Å². The molecule has 3 heterocycles. The average molecular weight is 320 g/mol.